The van der Waals surface area contributed by atoms with Crippen LogP contribution in [0.5, 0.6) is 5.75 Å². The first-order chi connectivity index (χ1) is 8.22. The lowest BCUT2D eigenvalue weighted by Gasteiger charge is -2.21. The van der Waals surface area contributed by atoms with Gasteiger partial charge in [-0.2, -0.15) is 0 Å². The molecule has 1 aliphatic heterocycles. The molecule has 0 amide bonds. The number of hydrogen-bond donors (Lipinski definition) is 1. The van der Waals surface area contributed by atoms with E-state index in [1.807, 2.05) is 0 Å². The van der Waals surface area contributed by atoms with Crippen LogP contribution in [0.1, 0.15) is 23.2 Å². The monoisotopic (exact) mass is 253 g/mol. The van der Waals surface area contributed by atoms with Crippen molar-refractivity contribution in [3.05, 3.63) is 28.8 Å². The first-order valence-corrected chi connectivity index (χ1v) is 6.18. The summed E-state index contributed by atoms with van der Waals surface area (Å²) in [4.78, 5) is 12.3. The molecule has 1 heterocycles. The Morgan fingerprint density at radius 2 is 2.12 bits per heavy atom. The zero-order valence-electron chi connectivity index (χ0n) is 9.83. The Hall–Kier alpha value is -1.06. The summed E-state index contributed by atoms with van der Waals surface area (Å²) in [5.74, 6) is 0.884. The Kier molecular flexibility index (Phi) is 4.02. The molecule has 0 aromatic heterocycles. The maximum Gasteiger partial charge on any atom is 0.166 e. The molecule has 2 rings (SSSR count). The number of methoxy groups -OCH3 is 1. The second kappa shape index (κ2) is 5.52. The van der Waals surface area contributed by atoms with E-state index in [0.29, 0.717) is 16.3 Å². The van der Waals surface area contributed by atoms with Gasteiger partial charge >= 0.3 is 0 Å². The second-order valence-corrected chi connectivity index (χ2v) is 4.65. The summed E-state index contributed by atoms with van der Waals surface area (Å²) in [7, 11) is 1.56. The van der Waals surface area contributed by atoms with Gasteiger partial charge in [0.05, 0.1) is 12.1 Å². The van der Waals surface area contributed by atoms with Crippen molar-refractivity contribution < 1.29 is 9.53 Å². The Morgan fingerprint density at radius 1 is 1.41 bits per heavy atom. The Labute approximate surface area is 106 Å². The van der Waals surface area contributed by atoms with E-state index in [-0.39, 0.29) is 11.7 Å². The van der Waals surface area contributed by atoms with E-state index in [1.54, 1.807) is 25.3 Å². The molecule has 0 aliphatic carbocycles. The van der Waals surface area contributed by atoms with Crippen molar-refractivity contribution in [2.75, 3.05) is 20.2 Å². The van der Waals surface area contributed by atoms with Gasteiger partial charge in [-0.15, -0.1) is 0 Å². The largest absolute Gasteiger partial charge is 0.495 e. The third-order valence-electron chi connectivity index (χ3n) is 3.15. The first-order valence-electron chi connectivity index (χ1n) is 5.81. The van der Waals surface area contributed by atoms with Crippen LogP contribution in [0.2, 0.25) is 5.02 Å². The predicted molar refractivity (Wildman–Crippen MR) is 67.9 cm³/mol. The molecule has 3 nitrogen and oxygen atoms in total. The Balaban J connectivity index is 2.18. The summed E-state index contributed by atoms with van der Waals surface area (Å²) in [6, 6.07) is 5.22. The molecule has 0 bridgehead atoms. The minimum atomic E-state index is 0.127. The van der Waals surface area contributed by atoms with Gasteiger partial charge in [0.15, 0.2) is 5.78 Å². The molecule has 1 N–H and O–H groups in total. The van der Waals surface area contributed by atoms with Crippen molar-refractivity contribution >= 4 is 17.4 Å². The number of halogens is 1. The molecule has 92 valence electrons. The molecule has 1 aromatic rings. The summed E-state index contributed by atoms with van der Waals surface area (Å²) in [5, 5.41) is 3.79. The molecule has 1 saturated heterocycles. The van der Waals surface area contributed by atoms with Crippen molar-refractivity contribution in [3.8, 4) is 5.75 Å². The highest BCUT2D eigenvalue weighted by atomic mass is 35.5. The number of rotatable bonds is 3. The predicted octanol–water partition coefficient (Wildman–Crippen LogP) is 2.53. The quantitative estimate of drug-likeness (QED) is 0.842. The van der Waals surface area contributed by atoms with Gasteiger partial charge in [0.1, 0.15) is 5.75 Å². The van der Waals surface area contributed by atoms with Crippen LogP contribution < -0.4 is 10.1 Å². The molecular formula is C13H16ClNO2. The van der Waals surface area contributed by atoms with Gasteiger partial charge in [0.2, 0.25) is 0 Å². The van der Waals surface area contributed by atoms with Crippen molar-refractivity contribution in [3.63, 3.8) is 0 Å². The molecule has 0 spiro atoms. The van der Waals surface area contributed by atoms with E-state index in [0.717, 1.165) is 25.9 Å². The molecule has 0 atom stereocenters. The van der Waals surface area contributed by atoms with Crippen molar-refractivity contribution in [2.45, 2.75) is 12.8 Å². The van der Waals surface area contributed by atoms with Crippen LogP contribution in [0.3, 0.4) is 0 Å². The summed E-state index contributed by atoms with van der Waals surface area (Å²) >= 11 is 5.94. The van der Waals surface area contributed by atoms with E-state index < -0.39 is 0 Å². The summed E-state index contributed by atoms with van der Waals surface area (Å²) < 4.78 is 5.13. The molecule has 0 radical (unpaired) electrons. The van der Waals surface area contributed by atoms with Gasteiger partial charge in [-0.25, -0.2) is 0 Å². The van der Waals surface area contributed by atoms with Gasteiger partial charge < -0.3 is 10.1 Å². The van der Waals surface area contributed by atoms with Gasteiger partial charge in [-0.3, -0.25) is 4.79 Å². The highest BCUT2D eigenvalue weighted by molar-refractivity contribution is 6.32. The SMILES string of the molecule is COc1cc(C(=O)C2CCNCC2)ccc1Cl. The maximum absolute atomic E-state index is 12.3. The maximum atomic E-state index is 12.3. The van der Waals surface area contributed by atoms with Gasteiger partial charge in [0, 0.05) is 11.5 Å². The molecule has 4 heteroatoms. The van der Waals surface area contributed by atoms with Crippen LogP contribution >= 0.6 is 11.6 Å². The van der Waals surface area contributed by atoms with Crippen LogP contribution in [0, 0.1) is 5.92 Å². The molecule has 17 heavy (non-hydrogen) atoms. The van der Waals surface area contributed by atoms with E-state index in [2.05, 4.69) is 5.32 Å². The van der Waals surface area contributed by atoms with Gasteiger partial charge in [-0.05, 0) is 44.1 Å². The molecule has 1 aliphatic rings. The van der Waals surface area contributed by atoms with E-state index in [4.69, 9.17) is 16.3 Å². The zero-order chi connectivity index (χ0) is 12.3. The number of piperidine rings is 1. The molecule has 1 aromatic carbocycles. The van der Waals surface area contributed by atoms with Crippen LogP contribution in [-0.4, -0.2) is 26.0 Å². The average Bonchev–Trinajstić information content (AvgIpc) is 2.39. The number of ketones is 1. The summed E-state index contributed by atoms with van der Waals surface area (Å²) in [5.41, 5.74) is 0.693. The lowest BCUT2D eigenvalue weighted by atomic mass is 9.89. The van der Waals surface area contributed by atoms with Gasteiger partial charge in [-0.1, -0.05) is 11.6 Å². The number of carbonyl (C=O) groups excluding carboxylic acids is 1. The lowest BCUT2D eigenvalue weighted by molar-refractivity contribution is 0.0895. The van der Waals surface area contributed by atoms with Gasteiger partial charge in [0.25, 0.3) is 0 Å². The standard InChI is InChI=1S/C13H16ClNO2/c1-17-12-8-10(2-3-11(12)14)13(16)9-4-6-15-7-5-9/h2-3,8-9,15H,4-7H2,1H3. The zero-order valence-corrected chi connectivity index (χ0v) is 10.6. The number of carbonyl (C=O) groups is 1. The average molecular weight is 254 g/mol. The minimum absolute atomic E-state index is 0.127. The van der Waals surface area contributed by atoms with Crippen LogP contribution in [0.4, 0.5) is 0 Å². The number of hydrogen-bond acceptors (Lipinski definition) is 3. The molecule has 0 saturated carbocycles. The summed E-state index contributed by atoms with van der Waals surface area (Å²) in [6.45, 7) is 1.84. The highest BCUT2D eigenvalue weighted by Crippen LogP contribution is 2.27. The first kappa shape index (κ1) is 12.4. The normalized spacial score (nSPS) is 16.8. The van der Waals surface area contributed by atoms with E-state index in [1.165, 1.54) is 0 Å². The Morgan fingerprint density at radius 3 is 2.76 bits per heavy atom. The third-order valence-corrected chi connectivity index (χ3v) is 3.46. The van der Waals surface area contributed by atoms with Crippen LogP contribution in [0.25, 0.3) is 0 Å². The molecule has 1 fully saturated rings. The molecular weight excluding hydrogens is 238 g/mol. The molecule has 0 unspecified atom stereocenters. The third kappa shape index (κ3) is 2.79. The Bertz CT molecular complexity index is 414. The highest BCUT2D eigenvalue weighted by Gasteiger charge is 2.22. The number of Topliss-reactive ketones (excluding diaryl/α,β-unsaturated/α-hetero) is 1. The number of nitrogens with one attached hydrogen (secondary N) is 1. The smallest absolute Gasteiger partial charge is 0.166 e. The number of benzene rings is 1. The topological polar surface area (TPSA) is 38.3 Å². The number of ether oxygens (including phenoxy) is 1. The van der Waals surface area contributed by atoms with Crippen molar-refractivity contribution in [1.29, 1.82) is 0 Å². The van der Waals surface area contributed by atoms with Crippen LogP contribution in [-0.2, 0) is 0 Å². The lowest BCUT2D eigenvalue weighted by Crippen LogP contribution is -2.31. The summed E-state index contributed by atoms with van der Waals surface area (Å²) in [6.07, 6.45) is 1.81. The van der Waals surface area contributed by atoms with Crippen molar-refractivity contribution in [2.24, 2.45) is 5.92 Å². The minimum Gasteiger partial charge on any atom is -0.495 e. The second-order valence-electron chi connectivity index (χ2n) is 4.24. The fourth-order valence-corrected chi connectivity index (χ4v) is 2.33. The van der Waals surface area contributed by atoms with Crippen molar-refractivity contribution in [1.82, 2.24) is 5.32 Å². The fourth-order valence-electron chi connectivity index (χ4n) is 2.13. The fraction of sp³-hybridized carbons (Fsp3) is 0.462. The van der Waals surface area contributed by atoms with E-state index >= 15 is 0 Å². The van der Waals surface area contributed by atoms with E-state index in [9.17, 15) is 4.79 Å². The van der Waals surface area contributed by atoms with Crippen LogP contribution in [0.15, 0.2) is 18.2 Å².